The zero-order valence-electron chi connectivity index (χ0n) is 23.3. The Morgan fingerprint density at radius 2 is 1.18 bits per heavy atom. The molecule has 0 aromatic carbocycles. The smallest absolute Gasteiger partial charge is 0.302 e. The van der Waals surface area contributed by atoms with E-state index < -0.39 is 0 Å². The van der Waals surface area contributed by atoms with Crippen LogP contribution in [-0.2, 0) is 28.5 Å². The van der Waals surface area contributed by atoms with Crippen LogP contribution in [0.2, 0.25) is 0 Å². The lowest BCUT2D eigenvalue weighted by Crippen LogP contribution is -2.12. The van der Waals surface area contributed by atoms with Gasteiger partial charge >= 0.3 is 5.97 Å². The van der Waals surface area contributed by atoms with E-state index in [1.807, 2.05) is 13.8 Å². The zero-order chi connectivity index (χ0) is 25.9. The molecule has 1 saturated carbocycles. The third-order valence-corrected chi connectivity index (χ3v) is 5.07. The van der Waals surface area contributed by atoms with Gasteiger partial charge in [0.1, 0.15) is 0 Å². The van der Waals surface area contributed by atoms with E-state index >= 15 is 0 Å². The van der Waals surface area contributed by atoms with Crippen LogP contribution in [0.5, 0.6) is 0 Å². The Kier molecular flexibility index (Phi) is 29.0. The lowest BCUT2D eigenvalue weighted by Gasteiger charge is -2.08. The third-order valence-electron chi connectivity index (χ3n) is 5.07. The molecule has 1 fully saturated rings. The molecule has 2 atom stereocenters. The number of rotatable bonds is 14. The van der Waals surface area contributed by atoms with Crippen molar-refractivity contribution in [3.8, 4) is 11.8 Å². The second-order valence-corrected chi connectivity index (χ2v) is 8.51. The van der Waals surface area contributed by atoms with Crippen LogP contribution >= 0.6 is 0 Å². The molecule has 0 spiro atoms. The minimum absolute atomic E-state index is 0.245. The molecular formula is C28H54O6. The van der Waals surface area contributed by atoms with Crippen molar-refractivity contribution in [2.45, 2.75) is 86.5 Å². The highest BCUT2D eigenvalue weighted by Gasteiger charge is 2.35. The lowest BCUT2D eigenvalue weighted by atomic mass is 10.1. The molecule has 0 amide bonds. The Hall–Kier alpha value is -1.13. The van der Waals surface area contributed by atoms with Gasteiger partial charge in [-0.2, -0.15) is 0 Å². The van der Waals surface area contributed by atoms with Gasteiger partial charge < -0.3 is 23.7 Å². The molecule has 0 radical (unpaired) electrons. The van der Waals surface area contributed by atoms with E-state index in [0.29, 0.717) is 45.6 Å². The van der Waals surface area contributed by atoms with E-state index in [9.17, 15) is 4.79 Å². The van der Waals surface area contributed by atoms with Crippen LogP contribution in [0.25, 0.3) is 0 Å². The number of hydrogen-bond donors (Lipinski definition) is 0. The van der Waals surface area contributed by atoms with Crippen molar-refractivity contribution >= 4 is 5.97 Å². The summed E-state index contributed by atoms with van der Waals surface area (Å²) in [4.78, 5) is 9.59. The number of methoxy groups -OCH3 is 1. The lowest BCUT2D eigenvalue weighted by molar-refractivity contribution is -0.137. The molecule has 6 heteroatoms. The number of fused-ring (bicyclic) bond motifs is 1. The number of ether oxygens (including phenoxy) is 5. The first-order chi connectivity index (χ1) is 16.5. The fourth-order valence-electron chi connectivity index (χ4n) is 2.93. The highest BCUT2D eigenvalue weighted by molar-refractivity contribution is 5.65. The van der Waals surface area contributed by atoms with Crippen molar-refractivity contribution in [3.05, 3.63) is 0 Å². The monoisotopic (exact) mass is 486 g/mol. The molecule has 34 heavy (non-hydrogen) atoms. The summed E-state index contributed by atoms with van der Waals surface area (Å²) in [6.45, 7) is 17.4. The van der Waals surface area contributed by atoms with E-state index in [-0.39, 0.29) is 5.97 Å². The van der Waals surface area contributed by atoms with Gasteiger partial charge in [-0.15, -0.1) is 11.8 Å². The first-order valence-electron chi connectivity index (χ1n) is 13.3. The van der Waals surface area contributed by atoms with E-state index in [1.54, 1.807) is 0 Å². The summed E-state index contributed by atoms with van der Waals surface area (Å²) < 4.78 is 25.6. The van der Waals surface area contributed by atoms with Gasteiger partial charge in [-0.3, -0.25) is 4.79 Å². The van der Waals surface area contributed by atoms with Crippen LogP contribution in [0, 0.1) is 29.6 Å². The Labute approximate surface area is 210 Å². The molecule has 0 aromatic rings. The quantitative estimate of drug-likeness (QED) is 0.173. The van der Waals surface area contributed by atoms with Crippen LogP contribution in [0.15, 0.2) is 0 Å². The molecule has 202 valence electrons. The van der Waals surface area contributed by atoms with Crippen LogP contribution < -0.4 is 0 Å². The van der Waals surface area contributed by atoms with Crippen LogP contribution in [0.1, 0.15) is 86.5 Å². The van der Waals surface area contributed by atoms with Gasteiger partial charge in [0.15, 0.2) is 0 Å². The summed E-state index contributed by atoms with van der Waals surface area (Å²) in [5.74, 6) is 9.01. The second-order valence-electron chi connectivity index (χ2n) is 8.51. The van der Waals surface area contributed by atoms with Gasteiger partial charge in [-0.25, -0.2) is 0 Å². The summed E-state index contributed by atoms with van der Waals surface area (Å²) in [6, 6.07) is 0. The predicted molar refractivity (Wildman–Crippen MR) is 140 cm³/mol. The number of carbonyl (C=O) groups is 1. The van der Waals surface area contributed by atoms with Gasteiger partial charge in [0.2, 0.25) is 0 Å². The molecule has 2 rings (SSSR count). The number of esters is 1. The van der Waals surface area contributed by atoms with Crippen molar-refractivity contribution < 1.29 is 28.5 Å². The first-order valence-corrected chi connectivity index (χ1v) is 13.3. The third kappa shape index (κ3) is 28.9. The molecule has 2 aliphatic rings. The Morgan fingerprint density at radius 1 is 0.794 bits per heavy atom. The fourth-order valence-corrected chi connectivity index (χ4v) is 2.93. The van der Waals surface area contributed by atoms with Gasteiger partial charge in [-0.05, 0) is 49.9 Å². The molecule has 0 N–H and O–H groups in total. The van der Waals surface area contributed by atoms with Gasteiger partial charge in [0.05, 0.1) is 46.8 Å². The van der Waals surface area contributed by atoms with Gasteiger partial charge in [-0.1, -0.05) is 34.6 Å². The Balaban J connectivity index is 0. The average molecular weight is 487 g/mol. The highest BCUT2D eigenvalue weighted by Crippen LogP contribution is 2.45. The number of carbonyl (C=O) groups excluding carboxylic acids is 1. The molecule has 6 nitrogen and oxygen atoms in total. The van der Waals surface area contributed by atoms with Gasteiger partial charge in [0.25, 0.3) is 0 Å². The van der Waals surface area contributed by atoms with Crippen molar-refractivity contribution in [3.63, 3.8) is 0 Å². The molecule has 0 bridgehead atoms. The molecule has 0 unspecified atom stereocenters. The topological polar surface area (TPSA) is 63.2 Å². The summed E-state index contributed by atoms with van der Waals surface area (Å²) in [6.07, 6.45) is 8.78. The molecule has 2 aliphatic carbocycles. The molecule has 0 aliphatic heterocycles. The predicted octanol–water partition coefficient (Wildman–Crippen LogP) is 5.91. The van der Waals surface area contributed by atoms with E-state index in [4.69, 9.17) is 18.9 Å². The maximum absolute atomic E-state index is 9.59. The maximum Gasteiger partial charge on any atom is 0.302 e. The second kappa shape index (κ2) is 28.1. The van der Waals surface area contributed by atoms with Crippen LogP contribution in [-0.4, -0.2) is 65.9 Å². The minimum atomic E-state index is -0.245. The highest BCUT2D eigenvalue weighted by atomic mass is 16.6. The Bertz CT molecular complexity index is 467. The Morgan fingerprint density at radius 3 is 1.53 bits per heavy atom. The van der Waals surface area contributed by atoms with E-state index in [0.717, 1.165) is 37.9 Å². The van der Waals surface area contributed by atoms with Crippen molar-refractivity contribution in [1.82, 2.24) is 0 Å². The van der Waals surface area contributed by atoms with Crippen LogP contribution in [0.3, 0.4) is 0 Å². The zero-order valence-corrected chi connectivity index (χ0v) is 23.3. The van der Waals surface area contributed by atoms with Gasteiger partial charge in [0, 0.05) is 33.0 Å². The average Bonchev–Trinajstić information content (AvgIpc) is 3.55. The standard InChI is InChI=1S/C14H30O4.C9H12.C3H6O2.C2H6/c1-4-6-15-8-10-17-12-13-18-11-9-16-7-5-14(2)3;1-2-4-6-9-7-8(9)5-3-1;1-3(4)5-2;1-2/h14H,4-13H2,1-3H3;8-9H,3-7H2;1-2H3;1-2H3/t;8-,9+;;. The summed E-state index contributed by atoms with van der Waals surface area (Å²) >= 11 is 0. The maximum atomic E-state index is 9.59. The van der Waals surface area contributed by atoms with E-state index in [1.165, 1.54) is 46.1 Å². The fraction of sp³-hybridized carbons (Fsp3) is 0.893. The summed E-state index contributed by atoms with van der Waals surface area (Å²) in [5, 5.41) is 0. The minimum Gasteiger partial charge on any atom is -0.469 e. The summed E-state index contributed by atoms with van der Waals surface area (Å²) in [7, 11) is 1.35. The molecular weight excluding hydrogens is 432 g/mol. The first kappa shape index (κ1) is 35.0. The number of hydrogen-bond acceptors (Lipinski definition) is 6. The SMILES string of the molecule is C1#CCC[C@H]2C[C@H]2CC1.CC.CCCOCCOCCOCCOCCC(C)C.COC(C)=O. The van der Waals surface area contributed by atoms with Crippen molar-refractivity contribution in [2.24, 2.45) is 17.8 Å². The molecule has 0 aromatic heterocycles. The van der Waals surface area contributed by atoms with Crippen LogP contribution in [0.4, 0.5) is 0 Å². The molecule has 0 heterocycles. The van der Waals surface area contributed by atoms with Crippen molar-refractivity contribution in [1.29, 1.82) is 0 Å². The normalized spacial score (nSPS) is 17.5. The molecule has 0 saturated heterocycles. The summed E-state index contributed by atoms with van der Waals surface area (Å²) in [5.41, 5.74) is 0. The largest absolute Gasteiger partial charge is 0.469 e. The van der Waals surface area contributed by atoms with E-state index in [2.05, 4.69) is 37.3 Å². The van der Waals surface area contributed by atoms with Crippen molar-refractivity contribution in [2.75, 3.05) is 60.0 Å².